The van der Waals surface area contributed by atoms with Crippen LogP contribution in [0.3, 0.4) is 0 Å². The van der Waals surface area contributed by atoms with E-state index in [9.17, 15) is 4.57 Å². The lowest BCUT2D eigenvalue weighted by Crippen LogP contribution is -2.37. The maximum atomic E-state index is 14.4. The van der Waals surface area contributed by atoms with Crippen LogP contribution in [0.15, 0.2) is 54.6 Å². The minimum Gasteiger partial charge on any atom is -0.494 e. The van der Waals surface area contributed by atoms with Gasteiger partial charge in [0.1, 0.15) is 34.4 Å². The third-order valence-corrected chi connectivity index (χ3v) is 7.25. The Morgan fingerprint density at radius 2 is 1.06 bits per heavy atom. The fraction of sp³-hybridized carbons (Fsp3) is 0.250. The molecule has 182 valence electrons. The van der Waals surface area contributed by atoms with E-state index in [1.165, 1.54) is 0 Å². The lowest BCUT2D eigenvalue weighted by Gasteiger charge is -2.26. The van der Waals surface area contributed by atoms with Gasteiger partial charge in [0.15, 0.2) is 0 Å². The van der Waals surface area contributed by atoms with Gasteiger partial charge in [-0.15, -0.1) is 0 Å². The number of methoxy groups -OCH3 is 4. The molecule has 3 rings (SSSR count). The Balaban J connectivity index is 2.01. The molecular formula is C24H31N4O5P. The molecular weight excluding hydrogens is 455 g/mol. The molecule has 10 heteroatoms. The number of para-hydroxylation sites is 2. The van der Waals surface area contributed by atoms with Crippen molar-refractivity contribution in [3.8, 4) is 23.0 Å². The molecule has 0 amide bonds. The van der Waals surface area contributed by atoms with Crippen molar-refractivity contribution in [3.05, 3.63) is 65.7 Å². The van der Waals surface area contributed by atoms with E-state index < -0.39 is 7.44 Å². The van der Waals surface area contributed by atoms with E-state index in [0.717, 1.165) is 11.1 Å². The summed E-state index contributed by atoms with van der Waals surface area (Å²) < 4.78 is 36.2. The van der Waals surface area contributed by atoms with E-state index in [4.69, 9.17) is 18.9 Å². The monoisotopic (exact) mass is 486 g/mol. The van der Waals surface area contributed by atoms with Crippen LogP contribution in [0, 0.1) is 13.8 Å². The number of hydrazine groups is 2. The summed E-state index contributed by atoms with van der Waals surface area (Å²) in [5, 5.41) is 6.56. The zero-order valence-corrected chi connectivity index (χ0v) is 21.1. The van der Waals surface area contributed by atoms with E-state index >= 15 is 0 Å². The Morgan fingerprint density at radius 1 is 0.647 bits per heavy atom. The molecule has 0 aliphatic carbocycles. The van der Waals surface area contributed by atoms with Gasteiger partial charge >= 0.3 is 0 Å². The van der Waals surface area contributed by atoms with Crippen molar-refractivity contribution >= 4 is 24.1 Å². The highest BCUT2D eigenvalue weighted by Gasteiger charge is 2.28. The van der Waals surface area contributed by atoms with Crippen molar-refractivity contribution in [2.24, 2.45) is 0 Å². The van der Waals surface area contributed by atoms with Crippen LogP contribution in [-0.2, 0) is 4.57 Å². The predicted molar refractivity (Wildman–Crippen MR) is 136 cm³/mol. The van der Waals surface area contributed by atoms with E-state index in [1.54, 1.807) is 64.8 Å². The Labute approximate surface area is 200 Å². The number of anilines is 2. The van der Waals surface area contributed by atoms with Crippen LogP contribution in [0.1, 0.15) is 11.1 Å². The Bertz CT molecular complexity index is 1080. The summed E-state index contributed by atoms with van der Waals surface area (Å²) in [5.41, 5.74) is 8.90. The average molecular weight is 487 g/mol. The van der Waals surface area contributed by atoms with Crippen LogP contribution >= 0.6 is 7.44 Å². The number of rotatable bonds is 11. The molecule has 9 nitrogen and oxygen atoms in total. The number of nitrogens with one attached hydrogen (secondary N) is 4. The van der Waals surface area contributed by atoms with E-state index in [0.29, 0.717) is 39.7 Å². The summed E-state index contributed by atoms with van der Waals surface area (Å²) in [5.74, 6) is 2.11. The van der Waals surface area contributed by atoms with Crippen LogP contribution in [0.25, 0.3) is 0 Å². The zero-order valence-electron chi connectivity index (χ0n) is 20.2. The number of ether oxygens (including phenoxy) is 4. The average Bonchev–Trinajstić information content (AvgIpc) is 2.86. The van der Waals surface area contributed by atoms with Crippen molar-refractivity contribution in [2.45, 2.75) is 13.8 Å². The fourth-order valence-electron chi connectivity index (χ4n) is 3.43. The normalized spacial score (nSPS) is 11.0. The van der Waals surface area contributed by atoms with Crippen molar-refractivity contribution in [1.82, 2.24) is 10.4 Å². The zero-order chi connectivity index (χ0) is 24.7. The summed E-state index contributed by atoms with van der Waals surface area (Å²) in [6.45, 7) is 3.85. The first-order chi connectivity index (χ1) is 16.4. The molecule has 0 radical (unpaired) electrons. The number of aryl methyl sites for hydroxylation is 2. The molecule has 0 spiro atoms. The molecule has 3 aromatic carbocycles. The first-order valence-electron chi connectivity index (χ1n) is 10.5. The summed E-state index contributed by atoms with van der Waals surface area (Å²) in [7, 11) is 2.68. The van der Waals surface area contributed by atoms with Crippen molar-refractivity contribution < 1.29 is 23.5 Å². The molecule has 4 N–H and O–H groups in total. The SMILES string of the molecule is COc1cccc(OC)c1NNP(=O)(NNc1c(OC)cccc1OC)c1cc(C)ccc1C. The van der Waals surface area contributed by atoms with Gasteiger partial charge in [-0.05, 0) is 49.7 Å². The standard InChI is InChI=1S/C24H31N4O5P/c1-16-13-14-17(2)22(15-16)34(29,27-25-23-18(30-3)9-7-10-19(23)31-4)28-26-24-20(32-5)11-8-12-21(24)33-6/h7-15,25-26H,1-6H3,(H2,27,28,29). The van der Waals surface area contributed by atoms with Gasteiger partial charge in [0.2, 0.25) is 0 Å². The fourth-order valence-corrected chi connectivity index (χ4v) is 5.22. The molecule has 0 aromatic heterocycles. The first kappa shape index (κ1) is 25.2. The second-order valence-electron chi connectivity index (χ2n) is 7.45. The number of hydrogen-bond acceptors (Lipinski definition) is 7. The second kappa shape index (κ2) is 11.2. The Kier molecular flexibility index (Phi) is 8.28. The topological polar surface area (TPSA) is 102 Å². The molecule has 0 aliphatic rings. The van der Waals surface area contributed by atoms with Gasteiger partial charge in [-0.3, -0.25) is 4.57 Å². The number of benzene rings is 3. The predicted octanol–water partition coefficient (Wildman–Crippen LogP) is 4.39. The largest absolute Gasteiger partial charge is 0.494 e. The molecule has 0 aliphatic heterocycles. The lowest BCUT2D eigenvalue weighted by molar-refractivity contribution is 0.397. The quantitative estimate of drug-likeness (QED) is 0.232. The highest BCUT2D eigenvalue weighted by atomic mass is 31.2. The van der Waals surface area contributed by atoms with Gasteiger partial charge in [0, 0.05) is 5.30 Å². The molecule has 3 aromatic rings. The van der Waals surface area contributed by atoms with Gasteiger partial charge in [-0.25, -0.2) is 0 Å². The lowest BCUT2D eigenvalue weighted by atomic mass is 10.2. The molecule has 0 saturated carbocycles. The molecule has 34 heavy (non-hydrogen) atoms. The van der Waals surface area contributed by atoms with Crippen LogP contribution in [-0.4, -0.2) is 28.4 Å². The highest BCUT2D eigenvalue weighted by molar-refractivity contribution is 7.68. The maximum Gasteiger partial charge on any atom is 0.275 e. The van der Waals surface area contributed by atoms with Gasteiger partial charge in [0.05, 0.1) is 28.4 Å². The van der Waals surface area contributed by atoms with Crippen LogP contribution in [0.2, 0.25) is 0 Å². The van der Waals surface area contributed by atoms with E-state index in [-0.39, 0.29) is 0 Å². The number of hydrogen-bond donors (Lipinski definition) is 4. The summed E-state index contributed by atoms with van der Waals surface area (Å²) in [6.07, 6.45) is 0. The van der Waals surface area contributed by atoms with Gasteiger partial charge < -0.3 is 29.8 Å². The second-order valence-corrected chi connectivity index (χ2v) is 9.60. The molecule has 0 unspecified atom stereocenters. The van der Waals surface area contributed by atoms with Crippen molar-refractivity contribution in [1.29, 1.82) is 0 Å². The summed E-state index contributed by atoms with van der Waals surface area (Å²) >= 11 is 0. The third-order valence-electron chi connectivity index (χ3n) is 5.24. The molecule has 0 atom stereocenters. The molecule has 0 heterocycles. The Hall–Kier alpha value is -3.39. The molecule has 0 fully saturated rings. The van der Waals surface area contributed by atoms with Crippen LogP contribution < -0.4 is 45.5 Å². The third kappa shape index (κ3) is 5.39. The van der Waals surface area contributed by atoms with E-state index in [2.05, 4.69) is 21.2 Å². The van der Waals surface area contributed by atoms with Gasteiger partial charge in [-0.2, -0.15) is 10.4 Å². The van der Waals surface area contributed by atoms with Crippen molar-refractivity contribution in [3.63, 3.8) is 0 Å². The van der Waals surface area contributed by atoms with Gasteiger partial charge in [-0.1, -0.05) is 29.8 Å². The van der Waals surface area contributed by atoms with Crippen molar-refractivity contribution in [2.75, 3.05) is 39.3 Å². The summed E-state index contributed by atoms with van der Waals surface area (Å²) in [4.78, 5) is 0. The summed E-state index contributed by atoms with van der Waals surface area (Å²) in [6, 6.07) is 16.5. The Morgan fingerprint density at radius 3 is 1.44 bits per heavy atom. The molecule has 0 saturated heterocycles. The molecule has 0 bridgehead atoms. The van der Waals surface area contributed by atoms with Gasteiger partial charge in [0.25, 0.3) is 7.44 Å². The van der Waals surface area contributed by atoms with Crippen LogP contribution in [0.4, 0.5) is 11.4 Å². The van der Waals surface area contributed by atoms with Crippen LogP contribution in [0.5, 0.6) is 23.0 Å². The highest BCUT2D eigenvalue weighted by Crippen LogP contribution is 2.41. The minimum atomic E-state index is -3.53. The minimum absolute atomic E-state index is 0.509. The first-order valence-corrected chi connectivity index (χ1v) is 12.2. The van der Waals surface area contributed by atoms with E-state index in [1.807, 2.05) is 32.0 Å². The maximum absolute atomic E-state index is 14.4. The smallest absolute Gasteiger partial charge is 0.275 e.